The summed E-state index contributed by atoms with van der Waals surface area (Å²) < 4.78 is 58.5. The molecule has 0 fully saturated rings. The first-order chi connectivity index (χ1) is 21.1. The van der Waals surface area contributed by atoms with E-state index in [0.29, 0.717) is 21.8 Å². The second-order valence-corrected chi connectivity index (χ2v) is 11.0. The van der Waals surface area contributed by atoms with E-state index in [4.69, 9.17) is 13.9 Å². The summed E-state index contributed by atoms with van der Waals surface area (Å²) in [5.41, 5.74) is 0.253. The van der Waals surface area contributed by atoms with Crippen molar-refractivity contribution in [2.75, 3.05) is 13.7 Å². The molecule has 6 rings (SSSR count). The predicted molar refractivity (Wildman–Crippen MR) is 160 cm³/mol. The van der Waals surface area contributed by atoms with Crippen LogP contribution in [-0.2, 0) is 15.7 Å². The van der Waals surface area contributed by atoms with Crippen LogP contribution in [0.3, 0.4) is 0 Å². The van der Waals surface area contributed by atoms with Crippen molar-refractivity contribution in [3.8, 4) is 17.1 Å². The average Bonchev–Trinajstić information content (AvgIpc) is 3.59. The van der Waals surface area contributed by atoms with Gasteiger partial charge in [-0.25, -0.2) is 9.79 Å². The maximum absolute atomic E-state index is 14.1. The smallest absolute Gasteiger partial charge is 0.416 e. The van der Waals surface area contributed by atoms with Gasteiger partial charge in [-0.15, -0.1) is 0 Å². The molecule has 0 aliphatic carbocycles. The molecule has 1 aliphatic heterocycles. The number of fused-ring (bicyclic) bond motifs is 2. The molecule has 0 N–H and O–H groups in total. The Morgan fingerprint density at radius 2 is 1.89 bits per heavy atom. The van der Waals surface area contributed by atoms with Gasteiger partial charge in [0, 0.05) is 17.2 Å². The molecule has 1 unspecified atom stereocenters. The lowest BCUT2D eigenvalue weighted by Gasteiger charge is -2.27. The molecule has 0 saturated heterocycles. The van der Waals surface area contributed by atoms with Crippen LogP contribution in [0, 0.1) is 0 Å². The van der Waals surface area contributed by atoms with Gasteiger partial charge in [-0.3, -0.25) is 9.36 Å². The van der Waals surface area contributed by atoms with Gasteiger partial charge in [0.1, 0.15) is 23.3 Å². The summed E-state index contributed by atoms with van der Waals surface area (Å²) in [6.07, 6.45) is -2.98. The zero-order chi connectivity index (χ0) is 31.2. The molecule has 3 aromatic carbocycles. The molecule has 1 atom stereocenters. The average molecular weight is 619 g/mol. The van der Waals surface area contributed by atoms with E-state index in [1.807, 2.05) is 30.3 Å². The van der Waals surface area contributed by atoms with Crippen molar-refractivity contribution >= 4 is 34.2 Å². The predicted octanol–water partition coefficient (Wildman–Crippen LogP) is 6.24. The van der Waals surface area contributed by atoms with Gasteiger partial charge >= 0.3 is 12.1 Å². The third-order valence-corrected chi connectivity index (χ3v) is 8.30. The molecule has 11 heteroatoms. The minimum atomic E-state index is -4.50. The maximum Gasteiger partial charge on any atom is 0.416 e. The molecule has 7 nitrogen and oxygen atoms in total. The highest BCUT2D eigenvalue weighted by Crippen LogP contribution is 2.40. The SMILES string of the molecule is CCOC(=O)C1=C(C)N=c2sc(=Cc3ccc(-c4cccc(C(F)(F)F)c4)o3)c(=O)n2C1c1c(OC)ccc2ccccc12. The van der Waals surface area contributed by atoms with Gasteiger partial charge in [-0.2, -0.15) is 13.2 Å². The first kappa shape index (κ1) is 29.2. The molecule has 1 aliphatic rings. The number of esters is 1. The highest BCUT2D eigenvalue weighted by Gasteiger charge is 2.36. The Balaban J connectivity index is 1.53. The Morgan fingerprint density at radius 3 is 2.64 bits per heavy atom. The molecule has 0 saturated carbocycles. The highest BCUT2D eigenvalue weighted by atomic mass is 32.1. The molecule has 224 valence electrons. The zero-order valence-corrected chi connectivity index (χ0v) is 24.6. The van der Waals surface area contributed by atoms with Gasteiger partial charge in [0.05, 0.1) is 35.1 Å². The number of rotatable bonds is 6. The van der Waals surface area contributed by atoms with E-state index in [1.54, 1.807) is 32.0 Å². The van der Waals surface area contributed by atoms with Gasteiger partial charge in [-0.1, -0.05) is 53.8 Å². The number of carbonyl (C=O) groups excluding carboxylic acids is 1. The number of aromatic nitrogens is 1. The number of hydrogen-bond donors (Lipinski definition) is 0. The second kappa shape index (κ2) is 11.3. The number of carbonyl (C=O) groups is 1. The summed E-state index contributed by atoms with van der Waals surface area (Å²) in [6.45, 7) is 3.53. The highest BCUT2D eigenvalue weighted by molar-refractivity contribution is 7.07. The van der Waals surface area contributed by atoms with Gasteiger partial charge in [0.15, 0.2) is 4.80 Å². The van der Waals surface area contributed by atoms with Crippen molar-refractivity contribution in [1.82, 2.24) is 4.57 Å². The summed E-state index contributed by atoms with van der Waals surface area (Å²) in [4.78, 5) is 32.5. The van der Waals surface area contributed by atoms with E-state index in [0.717, 1.165) is 34.2 Å². The summed E-state index contributed by atoms with van der Waals surface area (Å²) in [7, 11) is 1.52. The molecule has 3 heterocycles. The first-order valence-corrected chi connectivity index (χ1v) is 14.4. The van der Waals surface area contributed by atoms with Crippen LogP contribution in [0.4, 0.5) is 13.2 Å². The summed E-state index contributed by atoms with van der Waals surface area (Å²) in [6, 6.07) is 18.3. The zero-order valence-electron chi connectivity index (χ0n) is 23.8. The fraction of sp³-hybridized carbons (Fsp3) is 0.182. The lowest BCUT2D eigenvalue weighted by atomic mass is 9.90. The van der Waals surface area contributed by atoms with E-state index in [1.165, 1.54) is 29.9 Å². The van der Waals surface area contributed by atoms with Crippen molar-refractivity contribution in [3.05, 3.63) is 121 Å². The van der Waals surface area contributed by atoms with E-state index >= 15 is 0 Å². The third kappa shape index (κ3) is 5.13. The number of thiazole rings is 1. The van der Waals surface area contributed by atoms with Crippen LogP contribution in [0.25, 0.3) is 28.2 Å². The quantitative estimate of drug-likeness (QED) is 0.211. The number of furan rings is 1. The molecular weight excluding hydrogens is 593 g/mol. The molecule has 5 aromatic rings. The van der Waals surface area contributed by atoms with Crippen molar-refractivity contribution in [2.24, 2.45) is 4.99 Å². The number of allylic oxidation sites excluding steroid dienone is 1. The standard InChI is InChI=1S/C33H25F3N2O5S/c1-4-42-31(40)27-18(2)37-32-38(29(27)28-23-11-6-5-8-19(23)12-14-25(28)41-3)30(39)26(44-32)17-22-13-15-24(43-22)20-9-7-10-21(16-20)33(34,35)36/h5-17,29H,4H2,1-3H3. The maximum atomic E-state index is 14.1. The number of alkyl halides is 3. The van der Waals surface area contributed by atoms with Crippen LogP contribution in [0.5, 0.6) is 5.75 Å². The van der Waals surface area contributed by atoms with Gasteiger partial charge < -0.3 is 13.9 Å². The molecule has 44 heavy (non-hydrogen) atoms. The van der Waals surface area contributed by atoms with Gasteiger partial charge in [0.25, 0.3) is 5.56 Å². The van der Waals surface area contributed by atoms with Crippen LogP contribution < -0.4 is 19.6 Å². The first-order valence-electron chi connectivity index (χ1n) is 13.6. The second-order valence-electron chi connectivity index (χ2n) is 9.99. The van der Waals surface area contributed by atoms with E-state index in [9.17, 15) is 22.8 Å². The van der Waals surface area contributed by atoms with E-state index < -0.39 is 29.3 Å². The van der Waals surface area contributed by atoms with Crippen LogP contribution in [-0.4, -0.2) is 24.3 Å². The van der Waals surface area contributed by atoms with Crippen LogP contribution in [0.2, 0.25) is 0 Å². The number of methoxy groups -OCH3 is 1. The fourth-order valence-electron chi connectivity index (χ4n) is 5.36. The number of ether oxygens (including phenoxy) is 2. The van der Waals surface area contributed by atoms with Gasteiger partial charge in [-0.05, 0) is 55.0 Å². The minimum Gasteiger partial charge on any atom is -0.496 e. The van der Waals surface area contributed by atoms with Crippen molar-refractivity contribution in [3.63, 3.8) is 0 Å². The van der Waals surface area contributed by atoms with Gasteiger partial charge in [0.2, 0.25) is 0 Å². The number of nitrogens with zero attached hydrogens (tertiary/aromatic N) is 2. The van der Waals surface area contributed by atoms with Crippen molar-refractivity contribution in [2.45, 2.75) is 26.1 Å². The Labute approximate surface area is 252 Å². The molecule has 0 radical (unpaired) electrons. The normalized spacial score (nSPS) is 15.3. The number of halogens is 3. The summed E-state index contributed by atoms with van der Waals surface area (Å²) >= 11 is 1.11. The summed E-state index contributed by atoms with van der Waals surface area (Å²) in [5, 5.41) is 1.68. The van der Waals surface area contributed by atoms with Crippen molar-refractivity contribution < 1.29 is 31.9 Å². The monoisotopic (exact) mass is 618 g/mol. The molecular formula is C33H25F3N2O5S. The third-order valence-electron chi connectivity index (χ3n) is 7.32. The Bertz CT molecular complexity index is 2140. The van der Waals surface area contributed by atoms with Crippen LogP contribution >= 0.6 is 11.3 Å². The topological polar surface area (TPSA) is 83.0 Å². The largest absolute Gasteiger partial charge is 0.496 e. The Kier molecular flexibility index (Phi) is 7.50. The van der Waals surface area contributed by atoms with E-state index in [2.05, 4.69) is 4.99 Å². The molecule has 0 amide bonds. The molecule has 0 spiro atoms. The lowest BCUT2D eigenvalue weighted by molar-refractivity contribution is -0.139. The number of benzene rings is 3. The summed E-state index contributed by atoms with van der Waals surface area (Å²) in [5.74, 6) is 0.369. The Morgan fingerprint density at radius 1 is 1.09 bits per heavy atom. The van der Waals surface area contributed by atoms with E-state index in [-0.39, 0.29) is 33.8 Å². The number of hydrogen-bond acceptors (Lipinski definition) is 7. The Hall–Kier alpha value is -4.90. The fourth-order valence-corrected chi connectivity index (χ4v) is 6.39. The lowest BCUT2D eigenvalue weighted by Crippen LogP contribution is -2.40. The van der Waals surface area contributed by atoms with Crippen molar-refractivity contribution in [1.29, 1.82) is 0 Å². The van der Waals surface area contributed by atoms with Crippen LogP contribution in [0.1, 0.15) is 36.8 Å². The van der Waals surface area contributed by atoms with Crippen LogP contribution in [0.15, 0.2) is 98.3 Å². The minimum absolute atomic E-state index is 0.131. The molecule has 2 aromatic heterocycles. The molecule has 0 bridgehead atoms.